The molecule has 1 fully saturated rings. The maximum Gasteiger partial charge on any atom is 0.335 e. The van der Waals surface area contributed by atoms with Gasteiger partial charge in [0.2, 0.25) is 0 Å². The van der Waals surface area contributed by atoms with Crippen LogP contribution in [-0.4, -0.2) is 42.2 Å². The molecule has 2 atom stereocenters. The number of benzene rings is 1. The van der Waals surface area contributed by atoms with Gasteiger partial charge in [0.1, 0.15) is 12.4 Å². The number of hydrogen-bond donors (Lipinski definition) is 1. The van der Waals surface area contributed by atoms with Crippen LogP contribution in [0, 0.1) is 11.8 Å². The Balaban J connectivity index is 1.76. The number of carboxylic acids is 1. The molecule has 0 radical (unpaired) electrons. The highest BCUT2D eigenvalue weighted by Gasteiger charge is 2.21. The molecule has 1 heterocycles. The zero-order chi connectivity index (χ0) is 14.5. The zero-order valence-electron chi connectivity index (χ0n) is 12.2. The molecule has 1 aromatic carbocycles. The highest BCUT2D eigenvalue weighted by atomic mass is 16.5. The summed E-state index contributed by atoms with van der Waals surface area (Å²) in [5.74, 6) is 1.34. The van der Waals surface area contributed by atoms with E-state index in [0.717, 1.165) is 37.2 Å². The second-order valence-corrected chi connectivity index (χ2v) is 5.88. The molecule has 2 rings (SSSR count). The van der Waals surface area contributed by atoms with Gasteiger partial charge in [0, 0.05) is 19.6 Å². The summed E-state index contributed by atoms with van der Waals surface area (Å²) in [6.45, 7) is 8.46. The lowest BCUT2D eigenvalue weighted by molar-refractivity contribution is 0.0697. The molecular weight excluding hydrogens is 254 g/mol. The number of likely N-dealkylation sites (tertiary alicyclic amines) is 1. The number of hydrogen-bond acceptors (Lipinski definition) is 3. The molecule has 4 nitrogen and oxygen atoms in total. The van der Waals surface area contributed by atoms with Crippen molar-refractivity contribution in [1.29, 1.82) is 0 Å². The SMILES string of the molecule is CC1CC(C)CN(CCOc2ccc(C(=O)O)cc2)C1. The molecule has 0 amide bonds. The van der Waals surface area contributed by atoms with Gasteiger partial charge in [-0.05, 0) is 42.5 Å². The number of ether oxygens (including phenoxy) is 1. The van der Waals surface area contributed by atoms with E-state index in [-0.39, 0.29) is 5.56 Å². The summed E-state index contributed by atoms with van der Waals surface area (Å²) >= 11 is 0. The van der Waals surface area contributed by atoms with Crippen LogP contribution in [0.5, 0.6) is 5.75 Å². The van der Waals surface area contributed by atoms with Gasteiger partial charge in [-0.3, -0.25) is 4.90 Å². The molecule has 4 heteroatoms. The van der Waals surface area contributed by atoms with Crippen LogP contribution >= 0.6 is 0 Å². The van der Waals surface area contributed by atoms with Crippen molar-refractivity contribution in [3.05, 3.63) is 29.8 Å². The first-order chi connectivity index (χ1) is 9.54. The fourth-order valence-corrected chi connectivity index (χ4v) is 2.96. The largest absolute Gasteiger partial charge is 0.492 e. The lowest BCUT2D eigenvalue weighted by atomic mass is 9.92. The number of carboxylic acid groups (broad SMARTS) is 1. The van der Waals surface area contributed by atoms with Crippen LogP contribution in [0.25, 0.3) is 0 Å². The first-order valence-electron chi connectivity index (χ1n) is 7.23. The smallest absolute Gasteiger partial charge is 0.335 e. The van der Waals surface area contributed by atoms with Gasteiger partial charge in [0.05, 0.1) is 5.56 Å². The molecule has 2 unspecified atom stereocenters. The lowest BCUT2D eigenvalue weighted by Gasteiger charge is -2.34. The third-order valence-electron chi connectivity index (χ3n) is 3.72. The van der Waals surface area contributed by atoms with Crippen molar-refractivity contribution in [3.8, 4) is 5.75 Å². The second kappa shape index (κ2) is 6.75. The fourth-order valence-electron chi connectivity index (χ4n) is 2.96. The van der Waals surface area contributed by atoms with E-state index in [1.54, 1.807) is 24.3 Å². The van der Waals surface area contributed by atoms with Gasteiger partial charge in [-0.2, -0.15) is 0 Å². The van der Waals surface area contributed by atoms with Crippen LogP contribution in [0.15, 0.2) is 24.3 Å². The molecule has 0 aromatic heterocycles. The summed E-state index contributed by atoms with van der Waals surface area (Å²) in [5.41, 5.74) is 0.288. The van der Waals surface area contributed by atoms with Gasteiger partial charge in [0.15, 0.2) is 0 Å². The van der Waals surface area contributed by atoms with Gasteiger partial charge >= 0.3 is 5.97 Å². The van der Waals surface area contributed by atoms with Crippen LogP contribution in [0.3, 0.4) is 0 Å². The Kier molecular flexibility index (Phi) is 5.01. The molecule has 1 aliphatic heterocycles. The van der Waals surface area contributed by atoms with Crippen molar-refractivity contribution in [2.75, 3.05) is 26.2 Å². The lowest BCUT2D eigenvalue weighted by Crippen LogP contribution is -2.40. The van der Waals surface area contributed by atoms with Crippen molar-refractivity contribution >= 4 is 5.97 Å². The standard InChI is InChI=1S/C16H23NO3/c1-12-9-13(2)11-17(10-12)7-8-20-15-5-3-14(4-6-15)16(18)19/h3-6,12-13H,7-11H2,1-2H3,(H,18,19). The average molecular weight is 277 g/mol. The highest BCUT2D eigenvalue weighted by Crippen LogP contribution is 2.20. The van der Waals surface area contributed by atoms with E-state index in [1.165, 1.54) is 6.42 Å². The minimum Gasteiger partial charge on any atom is -0.492 e. The Bertz CT molecular complexity index is 434. The summed E-state index contributed by atoms with van der Waals surface area (Å²) < 4.78 is 5.68. The van der Waals surface area contributed by atoms with Gasteiger partial charge in [-0.15, -0.1) is 0 Å². The first-order valence-corrected chi connectivity index (χ1v) is 7.23. The maximum absolute atomic E-state index is 10.7. The monoisotopic (exact) mass is 277 g/mol. The highest BCUT2D eigenvalue weighted by molar-refractivity contribution is 5.87. The fraction of sp³-hybridized carbons (Fsp3) is 0.562. The number of aromatic carboxylic acids is 1. The number of carbonyl (C=O) groups is 1. The molecule has 1 N–H and O–H groups in total. The van der Waals surface area contributed by atoms with E-state index in [9.17, 15) is 4.79 Å². The Morgan fingerprint density at radius 1 is 1.25 bits per heavy atom. The Morgan fingerprint density at radius 2 is 1.85 bits per heavy atom. The van der Waals surface area contributed by atoms with E-state index in [1.807, 2.05) is 0 Å². The molecule has 110 valence electrons. The molecule has 1 aliphatic rings. The van der Waals surface area contributed by atoms with E-state index < -0.39 is 5.97 Å². The summed E-state index contributed by atoms with van der Waals surface area (Å²) in [7, 11) is 0. The summed E-state index contributed by atoms with van der Waals surface area (Å²) in [4.78, 5) is 13.2. The first kappa shape index (κ1) is 14.9. The van der Waals surface area contributed by atoms with E-state index >= 15 is 0 Å². The van der Waals surface area contributed by atoms with Crippen molar-refractivity contribution in [2.45, 2.75) is 20.3 Å². The van der Waals surface area contributed by atoms with E-state index in [0.29, 0.717) is 6.61 Å². The van der Waals surface area contributed by atoms with Gasteiger partial charge in [-0.1, -0.05) is 13.8 Å². The van der Waals surface area contributed by atoms with Crippen molar-refractivity contribution in [2.24, 2.45) is 11.8 Å². The Hall–Kier alpha value is -1.55. The quantitative estimate of drug-likeness (QED) is 0.899. The normalized spacial score (nSPS) is 23.5. The van der Waals surface area contributed by atoms with Crippen molar-refractivity contribution in [1.82, 2.24) is 4.90 Å². The van der Waals surface area contributed by atoms with Crippen molar-refractivity contribution in [3.63, 3.8) is 0 Å². The molecule has 0 bridgehead atoms. The van der Waals surface area contributed by atoms with Crippen molar-refractivity contribution < 1.29 is 14.6 Å². The number of piperidine rings is 1. The average Bonchev–Trinajstić information content (AvgIpc) is 2.38. The van der Waals surface area contributed by atoms with E-state index in [2.05, 4.69) is 18.7 Å². The maximum atomic E-state index is 10.7. The third kappa shape index (κ3) is 4.23. The minimum atomic E-state index is -0.909. The Morgan fingerprint density at radius 3 is 2.40 bits per heavy atom. The van der Waals surface area contributed by atoms with E-state index in [4.69, 9.17) is 9.84 Å². The predicted octanol–water partition coefficient (Wildman–Crippen LogP) is 2.74. The van der Waals surface area contributed by atoms with Gasteiger partial charge in [0.25, 0.3) is 0 Å². The zero-order valence-corrected chi connectivity index (χ0v) is 12.2. The molecule has 20 heavy (non-hydrogen) atoms. The molecule has 1 aromatic rings. The second-order valence-electron chi connectivity index (χ2n) is 5.88. The van der Waals surface area contributed by atoms with Crippen LogP contribution in [0.4, 0.5) is 0 Å². The number of rotatable bonds is 5. The van der Waals surface area contributed by atoms with Gasteiger partial charge < -0.3 is 9.84 Å². The Labute approximate surface area is 120 Å². The minimum absolute atomic E-state index is 0.288. The third-order valence-corrected chi connectivity index (χ3v) is 3.72. The molecule has 1 saturated heterocycles. The summed E-state index contributed by atoms with van der Waals surface area (Å²) in [5, 5.41) is 8.82. The summed E-state index contributed by atoms with van der Waals surface area (Å²) in [6.07, 6.45) is 1.31. The molecule has 0 aliphatic carbocycles. The topological polar surface area (TPSA) is 49.8 Å². The molecule has 0 saturated carbocycles. The van der Waals surface area contributed by atoms with Crippen LogP contribution in [0.2, 0.25) is 0 Å². The molecular formula is C16H23NO3. The van der Waals surface area contributed by atoms with Crippen LogP contribution in [0.1, 0.15) is 30.6 Å². The number of nitrogens with zero attached hydrogens (tertiary/aromatic N) is 1. The van der Waals surface area contributed by atoms with Crippen LogP contribution < -0.4 is 4.74 Å². The predicted molar refractivity (Wildman–Crippen MR) is 78.3 cm³/mol. The summed E-state index contributed by atoms with van der Waals surface area (Å²) in [6, 6.07) is 6.57. The van der Waals surface area contributed by atoms with Gasteiger partial charge in [-0.25, -0.2) is 4.79 Å². The molecule has 0 spiro atoms. The van der Waals surface area contributed by atoms with Crippen LogP contribution in [-0.2, 0) is 0 Å².